The van der Waals surface area contributed by atoms with Crippen LogP contribution < -0.4 is 10.1 Å². The number of rotatable bonds is 0. The SMILES string of the molecule is CC(C)(C)c1cnc2c(c1)OCCCN2. The summed E-state index contributed by atoms with van der Waals surface area (Å²) in [5.41, 5.74) is 1.34. The summed E-state index contributed by atoms with van der Waals surface area (Å²) in [4.78, 5) is 4.41. The minimum atomic E-state index is 0.123. The van der Waals surface area contributed by atoms with Crippen LogP contribution in [0.15, 0.2) is 12.3 Å². The lowest BCUT2D eigenvalue weighted by atomic mass is 9.88. The molecule has 0 saturated carbocycles. The summed E-state index contributed by atoms with van der Waals surface area (Å²) in [5, 5.41) is 3.27. The first-order valence-electron chi connectivity index (χ1n) is 5.44. The van der Waals surface area contributed by atoms with E-state index in [0.29, 0.717) is 0 Å². The first-order valence-corrected chi connectivity index (χ1v) is 5.44. The Bertz CT molecular complexity index is 355. The Morgan fingerprint density at radius 1 is 1.40 bits per heavy atom. The maximum Gasteiger partial charge on any atom is 0.168 e. The topological polar surface area (TPSA) is 34.1 Å². The van der Waals surface area contributed by atoms with E-state index in [-0.39, 0.29) is 5.41 Å². The highest BCUT2D eigenvalue weighted by Gasteiger charge is 2.18. The van der Waals surface area contributed by atoms with E-state index in [0.717, 1.165) is 31.1 Å². The maximum absolute atomic E-state index is 5.66. The molecular formula is C12H18N2O. The summed E-state index contributed by atoms with van der Waals surface area (Å²) in [6.07, 6.45) is 2.96. The molecule has 1 N–H and O–H groups in total. The Morgan fingerprint density at radius 2 is 2.20 bits per heavy atom. The normalized spacial score (nSPS) is 15.9. The van der Waals surface area contributed by atoms with E-state index in [1.807, 2.05) is 6.20 Å². The fourth-order valence-corrected chi connectivity index (χ4v) is 1.56. The highest BCUT2D eigenvalue weighted by atomic mass is 16.5. The number of aromatic nitrogens is 1. The number of fused-ring (bicyclic) bond motifs is 1. The van der Waals surface area contributed by atoms with Crippen LogP contribution in [-0.4, -0.2) is 18.1 Å². The van der Waals surface area contributed by atoms with Crippen molar-refractivity contribution in [2.24, 2.45) is 0 Å². The zero-order valence-electron chi connectivity index (χ0n) is 9.63. The van der Waals surface area contributed by atoms with Gasteiger partial charge in [-0.2, -0.15) is 0 Å². The zero-order chi connectivity index (χ0) is 10.9. The van der Waals surface area contributed by atoms with Crippen molar-refractivity contribution in [1.29, 1.82) is 0 Å². The van der Waals surface area contributed by atoms with Gasteiger partial charge in [0, 0.05) is 12.7 Å². The van der Waals surface area contributed by atoms with Gasteiger partial charge in [-0.05, 0) is 23.5 Å². The Kier molecular flexibility index (Phi) is 2.55. The van der Waals surface area contributed by atoms with Gasteiger partial charge in [0.2, 0.25) is 0 Å². The largest absolute Gasteiger partial charge is 0.490 e. The van der Waals surface area contributed by atoms with Gasteiger partial charge in [-0.15, -0.1) is 0 Å². The van der Waals surface area contributed by atoms with Crippen LogP contribution >= 0.6 is 0 Å². The summed E-state index contributed by atoms with van der Waals surface area (Å²) in [7, 11) is 0. The Hall–Kier alpha value is -1.25. The van der Waals surface area contributed by atoms with Crippen LogP contribution in [0, 0.1) is 0 Å². The van der Waals surface area contributed by atoms with Crippen molar-refractivity contribution in [3.05, 3.63) is 17.8 Å². The van der Waals surface area contributed by atoms with Gasteiger partial charge in [0.15, 0.2) is 11.6 Å². The first-order chi connectivity index (χ1) is 7.07. The van der Waals surface area contributed by atoms with Gasteiger partial charge in [0.1, 0.15) is 0 Å². The molecule has 0 spiro atoms. The van der Waals surface area contributed by atoms with Gasteiger partial charge in [0.25, 0.3) is 0 Å². The third-order valence-corrected chi connectivity index (χ3v) is 2.59. The number of pyridine rings is 1. The van der Waals surface area contributed by atoms with Gasteiger partial charge in [-0.1, -0.05) is 20.8 Å². The second-order valence-electron chi connectivity index (χ2n) is 4.95. The van der Waals surface area contributed by atoms with Crippen LogP contribution in [0.25, 0.3) is 0 Å². The monoisotopic (exact) mass is 206 g/mol. The molecule has 82 valence electrons. The summed E-state index contributed by atoms with van der Waals surface area (Å²) in [5.74, 6) is 1.76. The van der Waals surface area contributed by atoms with Crippen LogP contribution in [-0.2, 0) is 5.41 Å². The van der Waals surface area contributed by atoms with E-state index >= 15 is 0 Å². The molecule has 0 bridgehead atoms. The molecule has 2 heterocycles. The number of hydrogen-bond acceptors (Lipinski definition) is 3. The van der Waals surface area contributed by atoms with Crippen molar-refractivity contribution in [2.75, 3.05) is 18.5 Å². The molecule has 1 aromatic rings. The second-order valence-corrected chi connectivity index (χ2v) is 4.95. The number of nitrogens with zero attached hydrogens (tertiary/aromatic N) is 1. The summed E-state index contributed by atoms with van der Waals surface area (Å²) >= 11 is 0. The third-order valence-electron chi connectivity index (χ3n) is 2.59. The van der Waals surface area contributed by atoms with Crippen molar-refractivity contribution < 1.29 is 4.74 Å². The van der Waals surface area contributed by atoms with Gasteiger partial charge in [-0.25, -0.2) is 4.98 Å². The molecule has 0 amide bonds. The molecule has 1 aliphatic heterocycles. The van der Waals surface area contributed by atoms with Crippen LogP contribution in [0.5, 0.6) is 5.75 Å². The maximum atomic E-state index is 5.66. The average Bonchev–Trinajstić information content (AvgIpc) is 2.39. The minimum Gasteiger partial charge on any atom is -0.490 e. The molecule has 1 aromatic heterocycles. The quantitative estimate of drug-likeness (QED) is 0.708. The average molecular weight is 206 g/mol. The molecule has 2 rings (SSSR count). The van der Waals surface area contributed by atoms with E-state index in [2.05, 4.69) is 37.1 Å². The van der Waals surface area contributed by atoms with Crippen molar-refractivity contribution in [3.8, 4) is 5.75 Å². The van der Waals surface area contributed by atoms with Gasteiger partial charge < -0.3 is 10.1 Å². The predicted octanol–water partition coefficient (Wildman–Crippen LogP) is 2.57. The Labute approximate surface area is 90.9 Å². The van der Waals surface area contributed by atoms with E-state index < -0.39 is 0 Å². The number of nitrogens with one attached hydrogen (secondary N) is 1. The van der Waals surface area contributed by atoms with Gasteiger partial charge >= 0.3 is 0 Å². The van der Waals surface area contributed by atoms with Crippen molar-refractivity contribution in [2.45, 2.75) is 32.6 Å². The van der Waals surface area contributed by atoms with Crippen LogP contribution in [0.4, 0.5) is 5.82 Å². The lowest BCUT2D eigenvalue weighted by Crippen LogP contribution is -2.12. The molecule has 0 atom stereocenters. The fourth-order valence-electron chi connectivity index (χ4n) is 1.56. The summed E-state index contributed by atoms with van der Waals surface area (Å²) in [6, 6.07) is 2.10. The summed E-state index contributed by atoms with van der Waals surface area (Å²) in [6.45, 7) is 8.26. The van der Waals surface area contributed by atoms with Gasteiger partial charge in [0.05, 0.1) is 6.61 Å². The van der Waals surface area contributed by atoms with E-state index in [9.17, 15) is 0 Å². The second kappa shape index (κ2) is 3.72. The molecule has 3 heteroatoms. The number of ether oxygens (including phenoxy) is 1. The molecule has 0 saturated heterocycles. The van der Waals surface area contributed by atoms with Crippen molar-refractivity contribution in [3.63, 3.8) is 0 Å². The first kappa shape index (κ1) is 10.3. The van der Waals surface area contributed by atoms with E-state index in [4.69, 9.17) is 4.74 Å². The Morgan fingerprint density at radius 3 is 2.93 bits per heavy atom. The third kappa shape index (κ3) is 2.22. The molecular weight excluding hydrogens is 188 g/mol. The molecule has 0 unspecified atom stereocenters. The molecule has 1 aliphatic rings. The highest BCUT2D eigenvalue weighted by molar-refractivity contribution is 5.52. The van der Waals surface area contributed by atoms with Crippen molar-refractivity contribution >= 4 is 5.82 Å². The summed E-state index contributed by atoms with van der Waals surface area (Å²) < 4.78 is 5.66. The van der Waals surface area contributed by atoms with Crippen molar-refractivity contribution in [1.82, 2.24) is 4.98 Å². The highest BCUT2D eigenvalue weighted by Crippen LogP contribution is 2.30. The molecule has 15 heavy (non-hydrogen) atoms. The van der Waals surface area contributed by atoms with Crippen LogP contribution in [0.3, 0.4) is 0 Å². The van der Waals surface area contributed by atoms with Gasteiger partial charge in [-0.3, -0.25) is 0 Å². The smallest absolute Gasteiger partial charge is 0.168 e. The Balaban J connectivity index is 2.36. The minimum absolute atomic E-state index is 0.123. The molecule has 0 radical (unpaired) electrons. The molecule has 0 aromatic carbocycles. The zero-order valence-corrected chi connectivity index (χ0v) is 9.63. The molecule has 3 nitrogen and oxygen atoms in total. The standard InChI is InChI=1S/C12H18N2O/c1-12(2,3)9-7-10-11(14-8-9)13-5-4-6-15-10/h7-8H,4-6H2,1-3H3,(H,13,14). The van der Waals surface area contributed by atoms with Crippen LogP contribution in [0.2, 0.25) is 0 Å². The lowest BCUT2D eigenvalue weighted by Gasteiger charge is -2.19. The molecule has 0 fully saturated rings. The number of anilines is 1. The lowest BCUT2D eigenvalue weighted by molar-refractivity contribution is 0.321. The van der Waals surface area contributed by atoms with E-state index in [1.165, 1.54) is 5.56 Å². The fraction of sp³-hybridized carbons (Fsp3) is 0.583. The predicted molar refractivity (Wildman–Crippen MR) is 61.5 cm³/mol. The molecule has 0 aliphatic carbocycles. The van der Waals surface area contributed by atoms with Crippen LogP contribution in [0.1, 0.15) is 32.8 Å². The van der Waals surface area contributed by atoms with E-state index in [1.54, 1.807) is 0 Å². The number of hydrogen-bond donors (Lipinski definition) is 1.